The van der Waals surface area contributed by atoms with E-state index in [1.54, 1.807) is 7.11 Å². The van der Waals surface area contributed by atoms with E-state index in [0.29, 0.717) is 25.7 Å². The first kappa shape index (κ1) is 13.4. The highest BCUT2D eigenvalue weighted by atomic mass is 16.5. The predicted molar refractivity (Wildman–Crippen MR) is 59.5 cm³/mol. The van der Waals surface area contributed by atoms with Gasteiger partial charge >= 0.3 is 5.97 Å². The second-order valence-electron chi connectivity index (χ2n) is 4.46. The second kappa shape index (κ2) is 6.18. The molecule has 0 amide bonds. The topological polar surface area (TPSA) is 59.0 Å². The molecule has 1 saturated heterocycles. The molecule has 16 heavy (non-hydrogen) atoms. The predicted octanol–water partition coefficient (Wildman–Crippen LogP) is 0.443. The number of hydrogen-bond donors (Lipinski definition) is 1. The molecule has 5 heteroatoms. The lowest BCUT2D eigenvalue weighted by Crippen LogP contribution is -2.53. The van der Waals surface area contributed by atoms with E-state index >= 15 is 0 Å². The normalized spacial score (nSPS) is 24.6. The van der Waals surface area contributed by atoms with Crippen LogP contribution < -0.4 is 0 Å². The first-order chi connectivity index (χ1) is 7.56. The summed E-state index contributed by atoms with van der Waals surface area (Å²) in [6.45, 7) is 6.56. The van der Waals surface area contributed by atoms with Crippen LogP contribution in [0.3, 0.4) is 0 Å². The van der Waals surface area contributed by atoms with Crippen molar-refractivity contribution in [2.75, 3.05) is 33.4 Å². The molecule has 2 unspecified atom stereocenters. The Labute approximate surface area is 96.3 Å². The molecular formula is C11H21NO4. The van der Waals surface area contributed by atoms with Crippen LogP contribution in [-0.2, 0) is 14.3 Å². The van der Waals surface area contributed by atoms with Gasteiger partial charge in [-0.25, -0.2) is 4.79 Å². The Morgan fingerprint density at radius 1 is 1.62 bits per heavy atom. The fraction of sp³-hybridized carbons (Fsp3) is 0.909. The quantitative estimate of drug-likeness (QED) is 0.744. The Bertz CT molecular complexity index is 232. The zero-order valence-electron chi connectivity index (χ0n) is 10.2. The third-order valence-corrected chi connectivity index (χ3v) is 2.95. The van der Waals surface area contributed by atoms with Crippen LogP contribution in [0.5, 0.6) is 0 Å². The highest BCUT2D eigenvalue weighted by molar-refractivity contribution is 5.72. The minimum absolute atomic E-state index is 0.260. The molecule has 0 aromatic rings. The molecule has 1 rings (SSSR count). The molecule has 0 aromatic carbocycles. The average Bonchev–Trinajstić information content (AvgIpc) is 2.25. The number of carboxylic acids is 1. The Hall–Kier alpha value is -0.650. The zero-order chi connectivity index (χ0) is 12.1. The van der Waals surface area contributed by atoms with Crippen molar-refractivity contribution >= 4 is 5.97 Å². The number of carbonyl (C=O) groups is 1. The average molecular weight is 231 g/mol. The highest BCUT2D eigenvalue weighted by Crippen LogP contribution is 2.15. The summed E-state index contributed by atoms with van der Waals surface area (Å²) in [6, 6.07) is 0.260. The van der Waals surface area contributed by atoms with Gasteiger partial charge in [0.25, 0.3) is 0 Å². The minimum Gasteiger partial charge on any atom is -0.479 e. The van der Waals surface area contributed by atoms with Gasteiger partial charge in [0.15, 0.2) is 6.10 Å². The number of morpholine rings is 1. The van der Waals surface area contributed by atoms with Gasteiger partial charge in [-0.3, -0.25) is 4.90 Å². The fourth-order valence-corrected chi connectivity index (χ4v) is 2.01. The largest absolute Gasteiger partial charge is 0.479 e. The smallest absolute Gasteiger partial charge is 0.334 e. The van der Waals surface area contributed by atoms with E-state index in [-0.39, 0.29) is 6.04 Å². The number of ether oxygens (including phenoxy) is 2. The van der Waals surface area contributed by atoms with E-state index in [2.05, 4.69) is 18.7 Å². The van der Waals surface area contributed by atoms with Crippen molar-refractivity contribution in [2.24, 2.45) is 5.92 Å². The van der Waals surface area contributed by atoms with Crippen LogP contribution in [0.2, 0.25) is 0 Å². The van der Waals surface area contributed by atoms with Crippen molar-refractivity contribution < 1.29 is 19.4 Å². The molecule has 2 atom stereocenters. The molecular weight excluding hydrogens is 210 g/mol. The molecule has 0 spiro atoms. The van der Waals surface area contributed by atoms with Crippen LogP contribution >= 0.6 is 0 Å². The number of methoxy groups -OCH3 is 1. The fourth-order valence-electron chi connectivity index (χ4n) is 2.01. The maximum absolute atomic E-state index is 10.9. The molecule has 1 aliphatic rings. The Morgan fingerprint density at radius 2 is 2.31 bits per heavy atom. The van der Waals surface area contributed by atoms with Crippen molar-refractivity contribution in [1.82, 2.24) is 4.90 Å². The lowest BCUT2D eigenvalue weighted by molar-refractivity contribution is -0.158. The number of carboxylic acid groups (broad SMARTS) is 1. The van der Waals surface area contributed by atoms with E-state index in [4.69, 9.17) is 14.6 Å². The van der Waals surface area contributed by atoms with E-state index < -0.39 is 12.1 Å². The van der Waals surface area contributed by atoms with Crippen LogP contribution in [-0.4, -0.2) is 61.5 Å². The SMILES string of the molecule is COCC(C(C)C)N1CCOC(C(=O)O)C1. The monoisotopic (exact) mass is 231 g/mol. The van der Waals surface area contributed by atoms with Gasteiger partial charge in [-0.05, 0) is 5.92 Å². The van der Waals surface area contributed by atoms with Gasteiger partial charge in [-0.1, -0.05) is 13.8 Å². The lowest BCUT2D eigenvalue weighted by Gasteiger charge is -2.38. The molecule has 0 saturated carbocycles. The summed E-state index contributed by atoms with van der Waals surface area (Å²) in [7, 11) is 1.67. The summed E-state index contributed by atoms with van der Waals surface area (Å²) in [5, 5.41) is 8.92. The van der Waals surface area contributed by atoms with Crippen LogP contribution in [0.1, 0.15) is 13.8 Å². The van der Waals surface area contributed by atoms with Crippen molar-refractivity contribution in [3.05, 3.63) is 0 Å². The highest BCUT2D eigenvalue weighted by Gasteiger charge is 2.31. The minimum atomic E-state index is -0.885. The third-order valence-electron chi connectivity index (χ3n) is 2.95. The van der Waals surface area contributed by atoms with Crippen LogP contribution in [0.4, 0.5) is 0 Å². The van der Waals surface area contributed by atoms with Crippen LogP contribution in [0.25, 0.3) is 0 Å². The molecule has 0 aliphatic carbocycles. The Kier molecular flexibility index (Phi) is 5.18. The number of nitrogens with zero attached hydrogens (tertiary/aromatic N) is 1. The molecule has 0 radical (unpaired) electrons. The maximum atomic E-state index is 10.9. The number of aliphatic carboxylic acids is 1. The summed E-state index contributed by atoms with van der Waals surface area (Å²) in [6.07, 6.45) is -0.702. The summed E-state index contributed by atoms with van der Waals surface area (Å²) in [5.41, 5.74) is 0. The molecule has 0 bridgehead atoms. The lowest BCUT2D eigenvalue weighted by atomic mass is 10.0. The van der Waals surface area contributed by atoms with Crippen molar-refractivity contribution in [2.45, 2.75) is 26.0 Å². The van der Waals surface area contributed by atoms with Gasteiger partial charge in [0.2, 0.25) is 0 Å². The Balaban J connectivity index is 2.59. The van der Waals surface area contributed by atoms with Gasteiger partial charge in [0.1, 0.15) is 0 Å². The van der Waals surface area contributed by atoms with Gasteiger partial charge in [-0.15, -0.1) is 0 Å². The van der Waals surface area contributed by atoms with Crippen molar-refractivity contribution in [3.8, 4) is 0 Å². The molecule has 0 aromatic heterocycles. The summed E-state index contributed by atoms with van der Waals surface area (Å²) in [4.78, 5) is 13.0. The molecule has 1 fully saturated rings. The first-order valence-corrected chi connectivity index (χ1v) is 5.63. The van der Waals surface area contributed by atoms with Gasteiger partial charge in [-0.2, -0.15) is 0 Å². The van der Waals surface area contributed by atoms with E-state index in [0.717, 1.165) is 6.54 Å². The summed E-state index contributed by atoms with van der Waals surface area (Å²) >= 11 is 0. The number of rotatable bonds is 5. The van der Waals surface area contributed by atoms with Gasteiger partial charge in [0, 0.05) is 26.2 Å². The van der Waals surface area contributed by atoms with E-state index in [9.17, 15) is 4.79 Å². The van der Waals surface area contributed by atoms with Crippen molar-refractivity contribution in [1.29, 1.82) is 0 Å². The van der Waals surface area contributed by atoms with Gasteiger partial charge < -0.3 is 14.6 Å². The zero-order valence-corrected chi connectivity index (χ0v) is 10.2. The third kappa shape index (κ3) is 3.43. The molecule has 5 nitrogen and oxygen atoms in total. The van der Waals surface area contributed by atoms with E-state index in [1.807, 2.05) is 0 Å². The summed E-state index contributed by atoms with van der Waals surface area (Å²) < 4.78 is 10.4. The molecule has 1 N–H and O–H groups in total. The number of hydrogen-bond acceptors (Lipinski definition) is 4. The van der Waals surface area contributed by atoms with Crippen LogP contribution in [0.15, 0.2) is 0 Å². The van der Waals surface area contributed by atoms with E-state index in [1.165, 1.54) is 0 Å². The first-order valence-electron chi connectivity index (χ1n) is 5.63. The molecule has 1 aliphatic heterocycles. The molecule has 94 valence electrons. The van der Waals surface area contributed by atoms with Crippen LogP contribution in [0, 0.1) is 5.92 Å². The standard InChI is InChI=1S/C11H21NO4/c1-8(2)9(7-15-3)12-4-5-16-10(6-12)11(13)14/h8-10H,4-7H2,1-3H3,(H,13,14). The Morgan fingerprint density at radius 3 is 2.81 bits per heavy atom. The summed E-state index contributed by atoms with van der Waals surface area (Å²) in [5.74, 6) is -0.447. The molecule has 1 heterocycles. The van der Waals surface area contributed by atoms with Crippen molar-refractivity contribution in [3.63, 3.8) is 0 Å². The van der Waals surface area contributed by atoms with Gasteiger partial charge in [0.05, 0.1) is 13.2 Å². The second-order valence-corrected chi connectivity index (χ2v) is 4.46. The maximum Gasteiger partial charge on any atom is 0.334 e.